The number of nitrogens with zero attached hydrogens (tertiary/aromatic N) is 2. The number of thiophene rings is 1. The molecule has 1 aliphatic heterocycles. The predicted octanol–water partition coefficient (Wildman–Crippen LogP) is 1.68. The first-order valence-corrected chi connectivity index (χ1v) is 8.45. The van der Waals surface area contributed by atoms with Gasteiger partial charge in [0.2, 0.25) is 0 Å². The Morgan fingerprint density at radius 3 is 3.15 bits per heavy atom. The first-order valence-electron chi connectivity index (χ1n) is 7.57. The monoisotopic (exact) mass is 292 g/mol. The Morgan fingerprint density at radius 2 is 2.35 bits per heavy atom. The highest BCUT2D eigenvalue weighted by molar-refractivity contribution is 7.10. The SMILES string of the molecule is CN=C(NCCN1CCc2sccc2C1)NCC1CC1. The second kappa shape index (κ2) is 6.59. The molecule has 0 aromatic carbocycles. The molecule has 0 saturated heterocycles. The topological polar surface area (TPSA) is 39.7 Å². The first kappa shape index (κ1) is 13.9. The standard InChI is InChI=1S/C15H24N4S/c1-16-15(18-10-12-2-3-12)17-6-8-19-7-4-14-13(11-19)5-9-20-14/h5,9,12H,2-4,6-8,10-11H2,1H3,(H2,16,17,18). The molecule has 1 fully saturated rings. The normalized spacial score (nSPS) is 19.8. The first-order chi connectivity index (χ1) is 9.85. The summed E-state index contributed by atoms with van der Waals surface area (Å²) in [4.78, 5) is 8.38. The number of hydrogen-bond acceptors (Lipinski definition) is 3. The average Bonchev–Trinajstić information content (AvgIpc) is 3.18. The number of fused-ring (bicyclic) bond motifs is 1. The van der Waals surface area contributed by atoms with Crippen LogP contribution in [-0.4, -0.2) is 44.1 Å². The molecule has 2 heterocycles. The molecule has 1 aromatic rings. The molecule has 20 heavy (non-hydrogen) atoms. The zero-order chi connectivity index (χ0) is 13.8. The fraction of sp³-hybridized carbons (Fsp3) is 0.667. The molecule has 1 aromatic heterocycles. The highest BCUT2D eigenvalue weighted by Crippen LogP contribution is 2.27. The molecule has 4 nitrogen and oxygen atoms in total. The van der Waals surface area contributed by atoms with Crippen LogP contribution in [0.25, 0.3) is 0 Å². The van der Waals surface area contributed by atoms with Gasteiger partial charge in [-0.3, -0.25) is 9.89 Å². The number of nitrogens with one attached hydrogen (secondary N) is 2. The van der Waals surface area contributed by atoms with Crippen molar-refractivity contribution in [1.82, 2.24) is 15.5 Å². The van der Waals surface area contributed by atoms with E-state index in [4.69, 9.17) is 0 Å². The maximum Gasteiger partial charge on any atom is 0.191 e. The molecule has 2 N–H and O–H groups in total. The summed E-state index contributed by atoms with van der Waals surface area (Å²) in [7, 11) is 1.85. The number of hydrogen-bond donors (Lipinski definition) is 2. The highest BCUT2D eigenvalue weighted by atomic mass is 32.1. The maximum atomic E-state index is 4.28. The van der Waals surface area contributed by atoms with Crippen LogP contribution in [0.3, 0.4) is 0 Å². The smallest absolute Gasteiger partial charge is 0.191 e. The van der Waals surface area contributed by atoms with Gasteiger partial charge in [0.25, 0.3) is 0 Å². The van der Waals surface area contributed by atoms with E-state index >= 15 is 0 Å². The number of rotatable bonds is 5. The van der Waals surface area contributed by atoms with Crippen LogP contribution in [0.4, 0.5) is 0 Å². The van der Waals surface area contributed by atoms with E-state index in [0.717, 1.165) is 38.1 Å². The van der Waals surface area contributed by atoms with Crippen molar-refractivity contribution < 1.29 is 0 Å². The molecule has 0 bridgehead atoms. The lowest BCUT2D eigenvalue weighted by molar-refractivity contribution is 0.260. The minimum Gasteiger partial charge on any atom is -0.356 e. The van der Waals surface area contributed by atoms with Crippen LogP contribution in [-0.2, 0) is 13.0 Å². The third-order valence-electron chi connectivity index (χ3n) is 4.09. The lowest BCUT2D eigenvalue weighted by Gasteiger charge is -2.27. The second-order valence-corrected chi connectivity index (χ2v) is 6.72. The predicted molar refractivity (Wildman–Crippen MR) is 85.4 cm³/mol. The minimum atomic E-state index is 0.882. The summed E-state index contributed by atoms with van der Waals surface area (Å²) in [6.45, 7) is 5.41. The Bertz CT molecular complexity index is 464. The van der Waals surface area contributed by atoms with Crippen molar-refractivity contribution in [2.75, 3.05) is 33.2 Å². The van der Waals surface area contributed by atoms with Crippen molar-refractivity contribution in [3.63, 3.8) is 0 Å². The quantitative estimate of drug-likeness (QED) is 0.641. The molecule has 0 radical (unpaired) electrons. The maximum absolute atomic E-state index is 4.28. The molecule has 1 saturated carbocycles. The summed E-state index contributed by atoms with van der Waals surface area (Å²) >= 11 is 1.90. The van der Waals surface area contributed by atoms with Gasteiger partial charge in [-0.2, -0.15) is 0 Å². The molecule has 2 aliphatic rings. The highest BCUT2D eigenvalue weighted by Gasteiger charge is 2.21. The van der Waals surface area contributed by atoms with Crippen molar-refractivity contribution in [3.8, 4) is 0 Å². The second-order valence-electron chi connectivity index (χ2n) is 5.72. The summed E-state index contributed by atoms with van der Waals surface area (Å²) in [5.41, 5.74) is 1.53. The molecular weight excluding hydrogens is 268 g/mol. The summed E-state index contributed by atoms with van der Waals surface area (Å²) in [5.74, 6) is 1.83. The molecule has 110 valence electrons. The molecule has 0 unspecified atom stereocenters. The van der Waals surface area contributed by atoms with E-state index < -0.39 is 0 Å². The lowest BCUT2D eigenvalue weighted by Crippen LogP contribution is -2.43. The van der Waals surface area contributed by atoms with Gasteiger partial charge in [0.15, 0.2) is 5.96 Å². The van der Waals surface area contributed by atoms with Crippen molar-refractivity contribution in [1.29, 1.82) is 0 Å². The van der Waals surface area contributed by atoms with Crippen LogP contribution >= 0.6 is 11.3 Å². The number of aliphatic imine (C=N–C) groups is 1. The fourth-order valence-corrected chi connectivity index (χ4v) is 3.50. The lowest BCUT2D eigenvalue weighted by atomic mass is 10.1. The van der Waals surface area contributed by atoms with E-state index in [1.165, 1.54) is 31.4 Å². The van der Waals surface area contributed by atoms with Gasteiger partial charge < -0.3 is 10.6 Å². The zero-order valence-electron chi connectivity index (χ0n) is 12.2. The van der Waals surface area contributed by atoms with Crippen molar-refractivity contribution in [2.45, 2.75) is 25.8 Å². The Hall–Kier alpha value is -1.07. The summed E-state index contributed by atoms with van der Waals surface area (Å²) in [6.07, 6.45) is 3.96. The van der Waals surface area contributed by atoms with Gasteiger partial charge >= 0.3 is 0 Å². The van der Waals surface area contributed by atoms with Crippen molar-refractivity contribution >= 4 is 17.3 Å². The third kappa shape index (κ3) is 3.73. The van der Waals surface area contributed by atoms with E-state index in [1.807, 2.05) is 18.4 Å². The fourth-order valence-electron chi connectivity index (χ4n) is 2.61. The van der Waals surface area contributed by atoms with Gasteiger partial charge in [-0.05, 0) is 42.2 Å². The van der Waals surface area contributed by atoms with Crippen LogP contribution in [0.1, 0.15) is 23.3 Å². The molecular formula is C15H24N4S. The van der Waals surface area contributed by atoms with Crippen LogP contribution < -0.4 is 10.6 Å². The Kier molecular flexibility index (Phi) is 4.58. The average molecular weight is 292 g/mol. The van der Waals surface area contributed by atoms with Gasteiger partial charge in [0, 0.05) is 44.6 Å². The van der Waals surface area contributed by atoms with Gasteiger partial charge in [0.1, 0.15) is 0 Å². The Labute approximate surface area is 125 Å². The zero-order valence-corrected chi connectivity index (χ0v) is 13.0. The molecule has 0 atom stereocenters. The van der Waals surface area contributed by atoms with Crippen LogP contribution in [0, 0.1) is 5.92 Å². The summed E-state index contributed by atoms with van der Waals surface area (Å²) in [6, 6.07) is 2.27. The van der Waals surface area contributed by atoms with Gasteiger partial charge in [-0.15, -0.1) is 11.3 Å². The molecule has 1 aliphatic carbocycles. The largest absolute Gasteiger partial charge is 0.356 e. The molecule has 0 amide bonds. The van der Waals surface area contributed by atoms with Gasteiger partial charge in [-0.25, -0.2) is 0 Å². The summed E-state index contributed by atoms with van der Waals surface area (Å²) in [5, 5.41) is 9.04. The van der Waals surface area contributed by atoms with Crippen LogP contribution in [0.2, 0.25) is 0 Å². The third-order valence-corrected chi connectivity index (χ3v) is 5.11. The minimum absolute atomic E-state index is 0.882. The van der Waals surface area contributed by atoms with E-state index in [2.05, 4.69) is 32.0 Å². The molecule has 3 rings (SSSR count). The molecule has 0 spiro atoms. The Morgan fingerprint density at radius 1 is 1.45 bits per heavy atom. The van der Waals surface area contributed by atoms with E-state index in [0.29, 0.717) is 0 Å². The van der Waals surface area contributed by atoms with E-state index in [-0.39, 0.29) is 0 Å². The summed E-state index contributed by atoms with van der Waals surface area (Å²) < 4.78 is 0. The molecule has 5 heteroatoms. The van der Waals surface area contributed by atoms with Crippen molar-refractivity contribution in [2.24, 2.45) is 10.9 Å². The Balaban J connectivity index is 1.36. The van der Waals surface area contributed by atoms with E-state index in [9.17, 15) is 0 Å². The van der Waals surface area contributed by atoms with Gasteiger partial charge in [-0.1, -0.05) is 0 Å². The number of guanidine groups is 1. The van der Waals surface area contributed by atoms with Crippen molar-refractivity contribution in [3.05, 3.63) is 21.9 Å². The van der Waals surface area contributed by atoms with Gasteiger partial charge in [0.05, 0.1) is 0 Å². The van der Waals surface area contributed by atoms with Crippen LogP contribution in [0.15, 0.2) is 16.4 Å². The van der Waals surface area contributed by atoms with Crippen LogP contribution in [0.5, 0.6) is 0 Å². The van der Waals surface area contributed by atoms with E-state index in [1.54, 1.807) is 4.88 Å².